The van der Waals surface area contributed by atoms with Gasteiger partial charge in [-0.1, -0.05) is 0 Å². The van der Waals surface area contributed by atoms with Crippen LogP contribution < -0.4 is 0 Å². The Bertz CT molecular complexity index is 405. The van der Waals surface area contributed by atoms with Crippen molar-refractivity contribution in [2.75, 3.05) is 0 Å². The van der Waals surface area contributed by atoms with E-state index in [1.807, 2.05) is 0 Å². The van der Waals surface area contributed by atoms with Gasteiger partial charge in [0.2, 0.25) is 0 Å². The van der Waals surface area contributed by atoms with E-state index in [0.717, 1.165) is 11.3 Å². The lowest BCUT2D eigenvalue weighted by Crippen LogP contribution is -2.39. The molecule has 1 aromatic heterocycles. The highest BCUT2D eigenvalue weighted by molar-refractivity contribution is 7.12. The van der Waals surface area contributed by atoms with Gasteiger partial charge in [-0.3, -0.25) is 0 Å². The van der Waals surface area contributed by atoms with Gasteiger partial charge in [-0.2, -0.15) is 26.3 Å². The fourth-order valence-corrected chi connectivity index (χ4v) is 3.24. The third-order valence-electron chi connectivity index (χ3n) is 2.33. The molecular formula is C10H9ClF6S. The van der Waals surface area contributed by atoms with Crippen LogP contribution in [-0.4, -0.2) is 12.4 Å². The van der Waals surface area contributed by atoms with E-state index < -0.39 is 23.6 Å². The lowest BCUT2D eigenvalue weighted by molar-refractivity contribution is -0.284. The predicted octanol–water partition coefficient (Wildman–Crippen LogP) is 5.39. The molecule has 1 aromatic rings. The number of aryl methyl sites for hydroxylation is 2. The van der Waals surface area contributed by atoms with E-state index >= 15 is 0 Å². The number of halogens is 7. The third-order valence-corrected chi connectivity index (χ3v) is 4.16. The van der Waals surface area contributed by atoms with Crippen LogP contribution in [-0.2, 0) is 0 Å². The Balaban J connectivity index is 3.19. The zero-order valence-corrected chi connectivity index (χ0v) is 10.9. The first kappa shape index (κ1) is 15.6. The maximum Gasteiger partial charge on any atom is 0.402 e. The van der Waals surface area contributed by atoms with E-state index in [0.29, 0.717) is 10.4 Å². The fraction of sp³-hybridized carbons (Fsp3) is 0.600. The number of rotatable bonds is 2. The van der Waals surface area contributed by atoms with Gasteiger partial charge in [0.1, 0.15) is 0 Å². The fourth-order valence-electron chi connectivity index (χ4n) is 1.60. The number of hydrogen-bond acceptors (Lipinski definition) is 1. The van der Waals surface area contributed by atoms with Gasteiger partial charge in [-0.05, 0) is 25.5 Å². The Morgan fingerprint density at radius 1 is 1.06 bits per heavy atom. The summed E-state index contributed by atoms with van der Waals surface area (Å²) in [7, 11) is 0. The van der Waals surface area contributed by atoms with Gasteiger partial charge in [-0.15, -0.1) is 22.9 Å². The summed E-state index contributed by atoms with van der Waals surface area (Å²) in [5.41, 5.74) is 0.344. The largest absolute Gasteiger partial charge is 0.402 e. The van der Waals surface area contributed by atoms with Crippen molar-refractivity contribution in [1.29, 1.82) is 0 Å². The van der Waals surface area contributed by atoms with E-state index in [-0.39, 0.29) is 4.88 Å². The molecule has 0 saturated carbocycles. The van der Waals surface area contributed by atoms with Gasteiger partial charge < -0.3 is 0 Å². The van der Waals surface area contributed by atoms with Crippen LogP contribution in [0.25, 0.3) is 0 Å². The van der Waals surface area contributed by atoms with Crippen LogP contribution in [0.5, 0.6) is 0 Å². The van der Waals surface area contributed by atoms with Crippen LogP contribution in [0.2, 0.25) is 0 Å². The molecule has 0 aliphatic heterocycles. The lowest BCUT2D eigenvalue weighted by atomic mass is 10.0. The van der Waals surface area contributed by atoms with Crippen LogP contribution >= 0.6 is 22.9 Å². The molecule has 0 spiro atoms. The first-order valence-corrected chi connectivity index (χ1v) is 6.04. The molecule has 0 aliphatic rings. The summed E-state index contributed by atoms with van der Waals surface area (Å²) in [4.78, 5) is 0.532. The van der Waals surface area contributed by atoms with Crippen molar-refractivity contribution in [3.63, 3.8) is 0 Å². The van der Waals surface area contributed by atoms with Crippen molar-refractivity contribution >= 4 is 22.9 Å². The van der Waals surface area contributed by atoms with Crippen molar-refractivity contribution in [3.05, 3.63) is 21.4 Å². The normalized spacial score (nSPS) is 15.2. The van der Waals surface area contributed by atoms with Crippen molar-refractivity contribution in [3.8, 4) is 0 Å². The summed E-state index contributed by atoms with van der Waals surface area (Å²) in [6.45, 7) is 3.04. The Morgan fingerprint density at radius 2 is 1.50 bits per heavy atom. The highest BCUT2D eigenvalue weighted by Gasteiger charge is 2.60. The SMILES string of the molecule is Cc1cc(C)c(C(Cl)C(C(F)(F)F)C(F)(F)F)s1. The second-order valence-electron chi connectivity index (χ2n) is 3.87. The van der Waals surface area contributed by atoms with E-state index in [1.54, 1.807) is 6.92 Å². The second kappa shape index (κ2) is 4.92. The molecule has 1 atom stereocenters. The van der Waals surface area contributed by atoms with E-state index in [2.05, 4.69) is 0 Å². The summed E-state index contributed by atoms with van der Waals surface area (Å²) in [6.07, 6.45) is -10.8. The molecule has 1 heterocycles. The maximum atomic E-state index is 12.5. The minimum Gasteiger partial charge on any atom is -0.170 e. The minimum atomic E-state index is -5.42. The highest BCUT2D eigenvalue weighted by atomic mass is 35.5. The molecule has 0 N–H and O–H groups in total. The molecule has 0 radical (unpaired) electrons. The smallest absolute Gasteiger partial charge is 0.170 e. The van der Waals surface area contributed by atoms with E-state index in [9.17, 15) is 26.3 Å². The Labute approximate surface area is 109 Å². The lowest BCUT2D eigenvalue weighted by Gasteiger charge is -2.26. The van der Waals surface area contributed by atoms with Crippen molar-refractivity contribution < 1.29 is 26.3 Å². The Morgan fingerprint density at radius 3 is 1.78 bits per heavy atom. The Kier molecular flexibility index (Phi) is 4.27. The van der Waals surface area contributed by atoms with Gasteiger partial charge in [0.25, 0.3) is 0 Å². The van der Waals surface area contributed by atoms with Crippen LogP contribution in [0.3, 0.4) is 0 Å². The molecule has 0 bridgehead atoms. The zero-order valence-electron chi connectivity index (χ0n) is 9.29. The second-order valence-corrected chi connectivity index (χ2v) is 5.63. The highest BCUT2D eigenvalue weighted by Crippen LogP contribution is 2.51. The molecule has 1 rings (SSSR count). The molecule has 0 fully saturated rings. The predicted molar refractivity (Wildman–Crippen MR) is 58.0 cm³/mol. The first-order chi connectivity index (χ1) is 7.94. The van der Waals surface area contributed by atoms with Crippen molar-refractivity contribution in [1.82, 2.24) is 0 Å². The monoisotopic (exact) mass is 310 g/mol. The minimum absolute atomic E-state index is 0.0891. The van der Waals surface area contributed by atoms with Gasteiger partial charge in [0.15, 0.2) is 5.92 Å². The van der Waals surface area contributed by atoms with Crippen molar-refractivity contribution in [2.45, 2.75) is 31.6 Å². The molecule has 8 heteroatoms. The standard InChI is InChI=1S/C10H9ClF6S/c1-4-3-5(2)18-7(4)6(11)8(9(12,13)14)10(15,16)17/h3,6,8H,1-2H3. The summed E-state index contributed by atoms with van der Waals surface area (Å²) >= 11 is 6.28. The third kappa shape index (κ3) is 3.32. The van der Waals surface area contributed by atoms with E-state index in [1.165, 1.54) is 13.0 Å². The van der Waals surface area contributed by atoms with Crippen molar-refractivity contribution in [2.24, 2.45) is 5.92 Å². The first-order valence-electron chi connectivity index (χ1n) is 4.79. The van der Waals surface area contributed by atoms with Crippen LogP contribution in [0.4, 0.5) is 26.3 Å². The van der Waals surface area contributed by atoms with Gasteiger partial charge >= 0.3 is 12.4 Å². The summed E-state index contributed by atoms with van der Waals surface area (Å²) < 4.78 is 74.9. The number of hydrogen-bond donors (Lipinski definition) is 0. The van der Waals surface area contributed by atoms with Gasteiger partial charge in [0, 0.05) is 9.75 Å². The molecule has 1 unspecified atom stereocenters. The topological polar surface area (TPSA) is 0 Å². The molecule has 0 nitrogen and oxygen atoms in total. The van der Waals surface area contributed by atoms with E-state index in [4.69, 9.17) is 11.6 Å². The molecule has 0 aliphatic carbocycles. The summed E-state index contributed by atoms with van der Waals surface area (Å²) in [5, 5.41) is -2.15. The molecule has 0 aromatic carbocycles. The van der Waals surface area contributed by atoms with Crippen LogP contribution in [0, 0.1) is 19.8 Å². The molecule has 0 saturated heterocycles. The Hall–Kier alpha value is -0.430. The average molecular weight is 311 g/mol. The molecule has 104 valence electrons. The molecule has 18 heavy (non-hydrogen) atoms. The van der Waals surface area contributed by atoms with Gasteiger partial charge in [-0.25, -0.2) is 0 Å². The van der Waals surface area contributed by atoms with Crippen LogP contribution in [0.1, 0.15) is 20.7 Å². The quantitative estimate of drug-likeness (QED) is 0.508. The average Bonchev–Trinajstić information content (AvgIpc) is 2.39. The van der Waals surface area contributed by atoms with Gasteiger partial charge in [0.05, 0.1) is 5.38 Å². The summed E-state index contributed by atoms with van der Waals surface area (Å²) in [6, 6.07) is 1.51. The maximum absolute atomic E-state index is 12.5. The molecular weight excluding hydrogens is 302 g/mol. The number of alkyl halides is 7. The zero-order chi connectivity index (χ0) is 14.3. The number of thiophene rings is 1. The summed E-state index contributed by atoms with van der Waals surface area (Å²) in [5.74, 6) is -3.55. The molecule has 0 amide bonds. The van der Waals surface area contributed by atoms with Crippen LogP contribution in [0.15, 0.2) is 6.07 Å².